The fourth-order valence-electron chi connectivity index (χ4n) is 2.52. The van der Waals surface area contributed by atoms with E-state index in [2.05, 4.69) is 19.2 Å². The molecule has 15 heavy (non-hydrogen) atoms. The van der Waals surface area contributed by atoms with Crippen LogP contribution < -0.4 is 5.32 Å². The summed E-state index contributed by atoms with van der Waals surface area (Å²) in [5.74, 6) is 1.54. The molecule has 0 spiro atoms. The highest BCUT2D eigenvalue weighted by Gasteiger charge is 2.19. The van der Waals surface area contributed by atoms with Gasteiger partial charge in [-0.2, -0.15) is 0 Å². The van der Waals surface area contributed by atoms with Crippen LogP contribution in [0.15, 0.2) is 0 Å². The van der Waals surface area contributed by atoms with Gasteiger partial charge in [-0.15, -0.1) is 0 Å². The molecule has 0 aliphatic heterocycles. The summed E-state index contributed by atoms with van der Waals surface area (Å²) in [7, 11) is 0. The van der Waals surface area contributed by atoms with Gasteiger partial charge in [0.25, 0.3) is 0 Å². The Morgan fingerprint density at radius 1 is 1.27 bits per heavy atom. The smallest absolute Gasteiger partial charge is 0.0543 e. The van der Waals surface area contributed by atoms with Crippen LogP contribution in [0.4, 0.5) is 0 Å². The number of hydrogen-bond acceptors (Lipinski definition) is 2. The zero-order valence-corrected chi connectivity index (χ0v) is 10.3. The lowest BCUT2D eigenvalue weighted by molar-refractivity contribution is 0.100. The van der Waals surface area contributed by atoms with Gasteiger partial charge in [0.1, 0.15) is 0 Å². The molecule has 0 radical (unpaired) electrons. The molecule has 0 amide bonds. The molecule has 1 aliphatic carbocycles. The topological polar surface area (TPSA) is 32.3 Å². The second-order valence-electron chi connectivity index (χ2n) is 5.03. The highest BCUT2D eigenvalue weighted by molar-refractivity contribution is 4.74. The van der Waals surface area contributed by atoms with E-state index in [4.69, 9.17) is 0 Å². The molecule has 0 heterocycles. The molecule has 1 saturated carbocycles. The van der Waals surface area contributed by atoms with E-state index in [9.17, 15) is 5.11 Å². The number of rotatable bonds is 6. The van der Waals surface area contributed by atoms with Crippen LogP contribution in [0.25, 0.3) is 0 Å². The molecule has 0 saturated heterocycles. The van der Waals surface area contributed by atoms with Gasteiger partial charge in [0.2, 0.25) is 0 Å². The van der Waals surface area contributed by atoms with Crippen LogP contribution >= 0.6 is 0 Å². The lowest BCUT2D eigenvalue weighted by atomic mass is 9.87. The van der Waals surface area contributed by atoms with Crippen LogP contribution in [-0.4, -0.2) is 24.3 Å². The highest BCUT2D eigenvalue weighted by atomic mass is 16.3. The van der Waals surface area contributed by atoms with Crippen molar-refractivity contribution in [3.05, 3.63) is 0 Å². The van der Waals surface area contributed by atoms with E-state index in [1.165, 1.54) is 25.7 Å². The zero-order valence-electron chi connectivity index (χ0n) is 10.3. The Morgan fingerprint density at radius 3 is 2.60 bits per heavy atom. The third-order valence-corrected chi connectivity index (χ3v) is 3.78. The second-order valence-corrected chi connectivity index (χ2v) is 5.03. The Bertz CT molecular complexity index is 157. The van der Waals surface area contributed by atoms with Gasteiger partial charge in [-0.1, -0.05) is 33.1 Å². The molecule has 90 valence electrons. The van der Waals surface area contributed by atoms with Gasteiger partial charge in [0.15, 0.2) is 0 Å². The first-order valence-corrected chi connectivity index (χ1v) is 6.65. The molecule has 1 rings (SSSR count). The summed E-state index contributed by atoms with van der Waals surface area (Å²) in [4.78, 5) is 0. The summed E-state index contributed by atoms with van der Waals surface area (Å²) in [5, 5.41) is 13.1. The van der Waals surface area contributed by atoms with Gasteiger partial charge in [0.05, 0.1) is 6.10 Å². The third-order valence-electron chi connectivity index (χ3n) is 3.78. The SMILES string of the molecule is CCC(CC)CNCC1CCCC(O)C1. The largest absolute Gasteiger partial charge is 0.393 e. The minimum Gasteiger partial charge on any atom is -0.393 e. The van der Waals surface area contributed by atoms with Gasteiger partial charge in [-0.25, -0.2) is 0 Å². The van der Waals surface area contributed by atoms with Gasteiger partial charge >= 0.3 is 0 Å². The van der Waals surface area contributed by atoms with Crippen molar-refractivity contribution < 1.29 is 5.11 Å². The van der Waals surface area contributed by atoms with E-state index in [1.54, 1.807) is 0 Å². The first kappa shape index (κ1) is 13.0. The molecule has 2 atom stereocenters. The summed E-state index contributed by atoms with van der Waals surface area (Å²) >= 11 is 0. The molecule has 2 nitrogen and oxygen atoms in total. The molecular formula is C13H27NO. The van der Waals surface area contributed by atoms with Crippen LogP contribution in [0.2, 0.25) is 0 Å². The van der Waals surface area contributed by atoms with Crippen LogP contribution in [0.5, 0.6) is 0 Å². The summed E-state index contributed by atoms with van der Waals surface area (Å²) in [6.07, 6.45) is 7.05. The summed E-state index contributed by atoms with van der Waals surface area (Å²) < 4.78 is 0. The number of hydrogen-bond donors (Lipinski definition) is 2. The molecule has 0 aromatic heterocycles. The fourth-order valence-corrected chi connectivity index (χ4v) is 2.52. The minimum absolute atomic E-state index is 0.0290. The van der Waals surface area contributed by atoms with E-state index in [-0.39, 0.29) is 6.10 Å². The zero-order chi connectivity index (χ0) is 11.1. The first-order chi connectivity index (χ1) is 7.26. The summed E-state index contributed by atoms with van der Waals surface area (Å²) in [6, 6.07) is 0. The Kier molecular flexibility index (Phi) is 6.26. The molecular weight excluding hydrogens is 186 g/mol. The lowest BCUT2D eigenvalue weighted by Crippen LogP contribution is -2.31. The monoisotopic (exact) mass is 213 g/mol. The molecule has 1 aliphatic rings. The van der Waals surface area contributed by atoms with Crippen molar-refractivity contribution in [2.75, 3.05) is 13.1 Å². The van der Waals surface area contributed by atoms with Crippen LogP contribution in [0, 0.1) is 11.8 Å². The average molecular weight is 213 g/mol. The second kappa shape index (κ2) is 7.24. The molecule has 0 bridgehead atoms. The predicted octanol–water partition coefficient (Wildman–Crippen LogP) is 2.56. The summed E-state index contributed by atoms with van der Waals surface area (Å²) in [6.45, 7) is 6.79. The third kappa shape index (κ3) is 4.98. The lowest BCUT2D eigenvalue weighted by Gasteiger charge is -2.26. The fraction of sp³-hybridized carbons (Fsp3) is 1.00. The van der Waals surface area contributed by atoms with Gasteiger partial charge < -0.3 is 10.4 Å². The maximum Gasteiger partial charge on any atom is 0.0543 e. The molecule has 1 fully saturated rings. The van der Waals surface area contributed by atoms with Crippen molar-refractivity contribution >= 4 is 0 Å². The van der Waals surface area contributed by atoms with E-state index in [0.29, 0.717) is 5.92 Å². The van der Waals surface area contributed by atoms with E-state index in [1.807, 2.05) is 0 Å². The van der Waals surface area contributed by atoms with Crippen LogP contribution in [0.3, 0.4) is 0 Å². The van der Waals surface area contributed by atoms with Crippen molar-refractivity contribution in [3.63, 3.8) is 0 Å². The van der Waals surface area contributed by atoms with Crippen molar-refractivity contribution in [3.8, 4) is 0 Å². The van der Waals surface area contributed by atoms with E-state index < -0.39 is 0 Å². The minimum atomic E-state index is -0.0290. The maximum absolute atomic E-state index is 9.55. The molecule has 0 aromatic rings. The van der Waals surface area contributed by atoms with Gasteiger partial charge in [-0.05, 0) is 44.2 Å². The standard InChI is InChI=1S/C13H27NO/c1-3-11(4-2)9-14-10-12-6-5-7-13(15)8-12/h11-15H,3-10H2,1-2H3. The van der Waals surface area contributed by atoms with Crippen molar-refractivity contribution in [2.24, 2.45) is 11.8 Å². The first-order valence-electron chi connectivity index (χ1n) is 6.65. The Hall–Kier alpha value is -0.0800. The molecule has 2 heteroatoms. The summed E-state index contributed by atoms with van der Waals surface area (Å²) in [5.41, 5.74) is 0. The highest BCUT2D eigenvalue weighted by Crippen LogP contribution is 2.23. The number of nitrogens with one attached hydrogen (secondary N) is 1. The van der Waals surface area contributed by atoms with Crippen molar-refractivity contribution in [2.45, 2.75) is 58.5 Å². The normalized spacial score (nSPS) is 27.2. The Morgan fingerprint density at radius 2 is 2.00 bits per heavy atom. The molecule has 0 aromatic carbocycles. The average Bonchev–Trinajstić information content (AvgIpc) is 2.25. The van der Waals surface area contributed by atoms with Gasteiger partial charge in [0, 0.05) is 0 Å². The van der Waals surface area contributed by atoms with Crippen molar-refractivity contribution in [1.29, 1.82) is 0 Å². The molecule has 2 unspecified atom stereocenters. The van der Waals surface area contributed by atoms with Crippen LogP contribution in [-0.2, 0) is 0 Å². The van der Waals surface area contributed by atoms with E-state index >= 15 is 0 Å². The number of aliphatic hydroxyl groups excluding tert-OH is 1. The van der Waals surface area contributed by atoms with E-state index in [0.717, 1.165) is 31.8 Å². The Balaban J connectivity index is 2.08. The predicted molar refractivity (Wildman–Crippen MR) is 64.9 cm³/mol. The number of aliphatic hydroxyl groups is 1. The molecule has 2 N–H and O–H groups in total. The van der Waals surface area contributed by atoms with Crippen LogP contribution in [0.1, 0.15) is 52.4 Å². The quantitative estimate of drug-likeness (QED) is 0.711. The van der Waals surface area contributed by atoms with Crippen molar-refractivity contribution in [1.82, 2.24) is 5.32 Å². The Labute approximate surface area is 94.5 Å². The van der Waals surface area contributed by atoms with Gasteiger partial charge in [-0.3, -0.25) is 0 Å². The maximum atomic E-state index is 9.55.